The Morgan fingerprint density at radius 3 is 2.70 bits per heavy atom. The number of nitrogens with zero attached hydrogens (tertiary/aromatic N) is 2. The number of aryl methyl sites for hydroxylation is 1. The molecule has 6 nitrogen and oxygen atoms in total. The van der Waals surface area contributed by atoms with Crippen LogP contribution in [0.15, 0.2) is 28.8 Å². The van der Waals surface area contributed by atoms with Gasteiger partial charge < -0.3 is 9.84 Å². The normalized spacial score (nSPS) is 17.6. The van der Waals surface area contributed by atoms with Crippen LogP contribution in [0.2, 0.25) is 10.0 Å². The average molecular weight is 354 g/mol. The number of anilines is 2. The predicted molar refractivity (Wildman–Crippen MR) is 86.8 cm³/mol. The highest BCUT2D eigenvalue weighted by atomic mass is 35.5. The van der Waals surface area contributed by atoms with Crippen LogP contribution in [0.3, 0.4) is 0 Å². The van der Waals surface area contributed by atoms with Crippen molar-refractivity contribution >= 4 is 46.5 Å². The maximum atomic E-state index is 12.4. The molecule has 1 aliphatic rings. The minimum absolute atomic E-state index is 0.0970. The molecule has 1 atom stereocenters. The quantitative estimate of drug-likeness (QED) is 0.918. The van der Waals surface area contributed by atoms with Crippen molar-refractivity contribution in [2.75, 3.05) is 16.8 Å². The van der Waals surface area contributed by atoms with Gasteiger partial charge in [-0.05, 0) is 19.1 Å². The van der Waals surface area contributed by atoms with Crippen molar-refractivity contribution in [3.63, 3.8) is 0 Å². The molecule has 2 heterocycles. The summed E-state index contributed by atoms with van der Waals surface area (Å²) in [5.74, 6) is 0.0220. The van der Waals surface area contributed by atoms with E-state index in [0.29, 0.717) is 27.3 Å². The smallest absolute Gasteiger partial charge is 0.229 e. The second-order valence-corrected chi connectivity index (χ2v) is 6.10. The third kappa shape index (κ3) is 3.18. The molecule has 3 rings (SSSR count). The molecule has 0 saturated carbocycles. The summed E-state index contributed by atoms with van der Waals surface area (Å²) in [6.45, 7) is 1.97. The van der Waals surface area contributed by atoms with Gasteiger partial charge in [0.05, 0.1) is 21.7 Å². The van der Waals surface area contributed by atoms with E-state index in [9.17, 15) is 9.59 Å². The second-order valence-electron chi connectivity index (χ2n) is 5.29. The maximum Gasteiger partial charge on any atom is 0.229 e. The Bertz CT molecular complexity index is 755. The molecule has 1 unspecified atom stereocenters. The van der Waals surface area contributed by atoms with Crippen molar-refractivity contribution in [2.45, 2.75) is 13.3 Å². The minimum Gasteiger partial charge on any atom is -0.360 e. The van der Waals surface area contributed by atoms with Gasteiger partial charge in [-0.25, -0.2) is 0 Å². The molecule has 1 N–H and O–H groups in total. The molecular formula is C15H13Cl2N3O3. The Kier molecular flexibility index (Phi) is 4.28. The van der Waals surface area contributed by atoms with Gasteiger partial charge in [-0.3, -0.25) is 14.5 Å². The number of rotatable bonds is 3. The lowest BCUT2D eigenvalue weighted by Gasteiger charge is -2.14. The summed E-state index contributed by atoms with van der Waals surface area (Å²) in [7, 11) is 0. The van der Waals surface area contributed by atoms with Crippen LogP contribution in [0.4, 0.5) is 11.5 Å². The Morgan fingerprint density at radius 2 is 2.09 bits per heavy atom. The van der Waals surface area contributed by atoms with Gasteiger partial charge >= 0.3 is 0 Å². The summed E-state index contributed by atoms with van der Waals surface area (Å²) >= 11 is 12.1. The standard InChI is InChI=1S/C15H13Cl2N3O3/c1-8-5-12(19-23-8)20-7-9(6-13(20)21)15(22)18-14-10(16)3-2-4-11(14)17/h2-5,9H,6-7H2,1H3,(H,18,22). The fourth-order valence-electron chi connectivity index (χ4n) is 2.43. The molecule has 0 aliphatic carbocycles. The zero-order valence-electron chi connectivity index (χ0n) is 12.2. The zero-order chi connectivity index (χ0) is 16.6. The molecule has 1 fully saturated rings. The molecule has 0 spiro atoms. The van der Waals surface area contributed by atoms with Crippen molar-refractivity contribution in [1.29, 1.82) is 0 Å². The van der Waals surface area contributed by atoms with Crippen molar-refractivity contribution in [3.05, 3.63) is 40.1 Å². The first kappa shape index (κ1) is 15.8. The molecular weight excluding hydrogens is 341 g/mol. The Morgan fingerprint density at radius 1 is 1.39 bits per heavy atom. The van der Waals surface area contributed by atoms with E-state index in [1.165, 1.54) is 4.90 Å². The van der Waals surface area contributed by atoms with Gasteiger partial charge in [0.2, 0.25) is 11.8 Å². The van der Waals surface area contributed by atoms with Crippen molar-refractivity contribution < 1.29 is 14.1 Å². The van der Waals surface area contributed by atoms with E-state index in [1.54, 1.807) is 31.2 Å². The highest BCUT2D eigenvalue weighted by molar-refractivity contribution is 6.39. The van der Waals surface area contributed by atoms with Gasteiger partial charge in [0.15, 0.2) is 5.82 Å². The van der Waals surface area contributed by atoms with Crippen molar-refractivity contribution in [3.8, 4) is 0 Å². The molecule has 2 amide bonds. The molecule has 23 heavy (non-hydrogen) atoms. The van der Waals surface area contributed by atoms with E-state index in [2.05, 4.69) is 10.5 Å². The Balaban J connectivity index is 1.73. The van der Waals surface area contributed by atoms with Gasteiger partial charge in [-0.1, -0.05) is 34.4 Å². The summed E-state index contributed by atoms with van der Waals surface area (Å²) in [6.07, 6.45) is 0.0970. The van der Waals surface area contributed by atoms with Crippen LogP contribution in [0, 0.1) is 12.8 Å². The van der Waals surface area contributed by atoms with E-state index in [0.717, 1.165) is 0 Å². The lowest BCUT2D eigenvalue weighted by Crippen LogP contribution is -2.28. The van der Waals surface area contributed by atoms with Gasteiger partial charge in [0.1, 0.15) is 5.76 Å². The van der Waals surface area contributed by atoms with Crippen LogP contribution in [-0.4, -0.2) is 23.5 Å². The summed E-state index contributed by atoms with van der Waals surface area (Å²) < 4.78 is 4.97. The molecule has 2 aromatic rings. The van der Waals surface area contributed by atoms with Gasteiger partial charge in [-0.2, -0.15) is 0 Å². The molecule has 1 saturated heterocycles. The number of amides is 2. The molecule has 0 radical (unpaired) electrons. The fourth-order valence-corrected chi connectivity index (χ4v) is 2.92. The zero-order valence-corrected chi connectivity index (χ0v) is 13.7. The van der Waals surface area contributed by atoms with Crippen molar-refractivity contribution in [2.24, 2.45) is 5.92 Å². The Hall–Kier alpha value is -2.05. The lowest BCUT2D eigenvalue weighted by molar-refractivity contribution is -0.122. The second kappa shape index (κ2) is 6.22. The monoisotopic (exact) mass is 353 g/mol. The first-order valence-electron chi connectivity index (χ1n) is 6.94. The molecule has 1 aromatic carbocycles. The van der Waals surface area contributed by atoms with Crippen LogP contribution in [0.5, 0.6) is 0 Å². The van der Waals surface area contributed by atoms with Gasteiger partial charge in [-0.15, -0.1) is 0 Å². The third-order valence-electron chi connectivity index (χ3n) is 3.60. The highest BCUT2D eigenvalue weighted by Gasteiger charge is 2.36. The van der Waals surface area contributed by atoms with Gasteiger partial charge in [0, 0.05) is 19.0 Å². The number of aromatic nitrogens is 1. The molecule has 8 heteroatoms. The van der Waals surface area contributed by atoms with Crippen LogP contribution >= 0.6 is 23.2 Å². The topological polar surface area (TPSA) is 75.4 Å². The maximum absolute atomic E-state index is 12.4. The number of nitrogens with one attached hydrogen (secondary N) is 1. The largest absolute Gasteiger partial charge is 0.360 e. The number of benzene rings is 1. The first-order chi connectivity index (χ1) is 11.0. The minimum atomic E-state index is -0.508. The molecule has 120 valence electrons. The summed E-state index contributed by atoms with van der Waals surface area (Å²) in [6, 6.07) is 6.61. The predicted octanol–water partition coefficient (Wildman–Crippen LogP) is 3.28. The summed E-state index contributed by atoms with van der Waals surface area (Å²) in [5.41, 5.74) is 0.351. The lowest BCUT2D eigenvalue weighted by atomic mass is 10.1. The van der Waals surface area contributed by atoms with Gasteiger partial charge in [0.25, 0.3) is 0 Å². The summed E-state index contributed by atoms with van der Waals surface area (Å²) in [4.78, 5) is 25.9. The number of para-hydroxylation sites is 1. The van der Waals surface area contributed by atoms with E-state index in [1.807, 2.05) is 0 Å². The highest BCUT2D eigenvalue weighted by Crippen LogP contribution is 2.31. The average Bonchev–Trinajstić information content (AvgIpc) is 3.09. The Labute approximate surface area is 142 Å². The fraction of sp³-hybridized carbons (Fsp3) is 0.267. The van der Waals surface area contributed by atoms with Crippen LogP contribution in [-0.2, 0) is 9.59 Å². The van der Waals surface area contributed by atoms with E-state index >= 15 is 0 Å². The van der Waals surface area contributed by atoms with Crippen LogP contribution in [0.25, 0.3) is 0 Å². The number of hydrogen-bond acceptors (Lipinski definition) is 4. The first-order valence-corrected chi connectivity index (χ1v) is 7.70. The van der Waals surface area contributed by atoms with E-state index < -0.39 is 5.92 Å². The van der Waals surface area contributed by atoms with Crippen LogP contribution in [0.1, 0.15) is 12.2 Å². The molecule has 1 aliphatic heterocycles. The SMILES string of the molecule is Cc1cc(N2CC(C(=O)Nc3c(Cl)cccc3Cl)CC2=O)no1. The summed E-state index contributed by atoms with van der Waals surface area (Å²) in [5, 5.41) is 7.20. The van der Waals surface area contributed by atoms with Crippen molar-refractivity contribution in [1.82, 2.24) is 5.16 Å². The molecule has 1 aromatic heterocycles. The third-order valence-corrected chi connectivity index (χ3v) is 4.23. The number of carbonyl (C=O) groups is 2. The van der Waals surface area contributed by atoms with E-state index in [-0.39, 0.29) is 24.8 Å². The number of hydrogen-bond donors (Lipinski definition) is 1. The molecule has 0 bridgehead atoms. The number of carbonyl (C=O) groups excluding carboxylic acids is 2. The van der Waals surface area contributed by atoms with E-state index in [4.69, 9.17) is 27.7 Å². The number of halogens is 2. The van der Waals surface area contributed by atoms with Crippen LogP contribution < -0.4 is 10.2 Å².